The van der Waals surface area contributed by atoms with Crippen molar-refractivity contribution < 1.29 is 34.4 Å². The number of ether oxygens (including phenoxy) is 2. The predicted molar refractivity (Wildman–Crippen MR) is 166 cm³/mol. The maximum absolute atomic E-state index is 12.5. The summed E-state index contributed by atoms with van der Waals surface area (Å²) < 4.78 is 14.5. The number of aliphatic hydroxyl groups is 1. The Labute approximate surface area is 264 Å². The van der Waals surface area contributed by atoms with Crippen LogP contribution in [0.1, 0.15) is 67.6 Å². The first-order valence-electron chi connectivity index (χ1n) is 14.7. The van der Waals surface area contributed by atoms with Gasteiger partial charge in [-0.15, -0.1) is 5.10 Å². The van der Waals surface area contributed by atoms with Gasteiger partial charge in [-0.05, 0) is 70.8 Å². The lowest BCUT2D eigenvalue weighted by atomic mass is 10.0. The maximum atomic E-state index is 12.5. The highest BCUT2D eigenvalue weighted by Crippen LogP contribution is 2.40. The molecule has 13 heteroatoms. The molecule has 4 aromatic rings. The minimum Gasteiger partial charge on any atom is -0.508 e. The molecule has 1 aliphatic heterocycles. The monoisotopic (exact) mass is 633 g/mol. The van der Waals surface area contributed by atoms with Crippen LogP contribution < -0.4 is 5.32 Å². The number of phenols is 1. The molecule has 0 saturated carbocycles. The molecule has 5 rings (SSSR count). The number of aromatic hydroxyl groups is 1. The Bertz CT molecular complexity index is 1560. The fourth-order valence-corrected chi connectivity index (χ4v) is 5.85. The number of aliphatic hydroxyl groups excluding tert-OH is 1. The second-order valence-electron chi connectivity index (χ2n) is 10.7. The highest BCUT2D eigenvalue weighted by atomic mass is 32.2. The molecule has 0 unspecified atom stereocenters. The van der Waals surface area contributed by atoms with E-state index in [4.69, 9.17) is 14.6 Å². The zero-order valence-corrected chi connectivity index (χ0v) is 25.3. The van der Waals surface area contributed by atoms with Crippen LogP contribution in [-0.2, 0) is 25.7 Å². The van der Waals surface area contributed by atoms with Crippen LogP contribution in [0.4, 0.5) is 5.69 Å². The van der Waals surface area contributed by atoms with Gasteiger partial charge in [0.2, 0.25) is 11.1 Å². The molecule has 0 spiro atoms. The molecule has 0 radical (unpaired) electrons. The SMILES string of the molecule is O=C(O)CCCCCC(=O)Nc1cccc([C@H]2O[C@@H](CSc3nnnn3-c3ccc(O)cc3)C[C@@H](c3ccc(CO)cc3)O2)c1. The topological polar surface area (TPSA) is 169 Å². The standard InChI is InChI=1S/C32H35N5O7S/c38-19-21-9-11-22(12-10-21)28-18-27(20-45-32-34-35-36-37(32)25-13-15-26(39)16-14-25)43-31(44-28)23-5-4-6-24(17-23)33-29(40)7-2-1-3-8-30(41)42/h4-6,9-17,27-28,31,38-39H,1-3,7-8,18-20H2,(H,33,40)(H,41,42)/t27-,28+,31+/m1/s1. The van der Waals surface area contributed by atoms with E-state index >= 15 is 0 Å². The molecule has 45 heavy (non-hydrogen) atoms. The Morgan fingerprint density at radius 3 is 2.49 bits per heavy atom. The third-order valence-corrected chi connectivity index (χ3v) is 8.34. The number of phenolic OH excluding ortho intramolecular Hbond substituents is 1. The van der Waals surface area contributed by atoms with E-state index in [0.29, 0.717) is 54.4 Å². The fourth-order valence-electron chi connectivity index (χ4n) is 4.94. The number of unbranched alkanes of at least 4 members (excludes halogenated alkanes) is 2. The summed E-state index contributed by atoms with van der Waals surface area (Å²) in [5.74, 6) is -0.294. The Balaban J connectivity index is 1.28. The summed E-state index contributed by atoms with van der Waals surface area (Å²) in [6.45, 7) is -0.0482. The van der Waals surface area contributed by atoms with Crippen LogP contribution in [-0.4, -0.2) is 59.3 Å². The molecule has 3 atom stereocenters. The normalized spacial score (nSPS) is 18.0. The number of nitrogens with one attached hydrogen (secondary N) is 1. The van der Waals surface area contributed by atoms with E-state index in [1.54, 1.807) is 35.0 Å². The third kappa shape index (κ3) is 9.11. The highest BCUT2D eigenvalue weighted by Gasteiger charge is 2.33. The van der Waals surface area contributed by atoms with Crippen molar-refractivity contribution in [2.45, 2.75) is 68.8 Å². The number of carboxylic acid groups (broad SMARTS) is 1. The zero-order valence-electron chi connectivity index (χ0n) is 24.5. The molecule has 236 valence electrons. The summed E-state index contributed by atoms with van der Waals surface area (Å²) in [4.78, 5) is 23.2. The van der Waals surface area contributed by atoms with Gasteiger partial charge in [0.15, 0.2) is 6.29 Å². The average molecular weight is 634 g/mol. The molecule has 1 saturated heterocycles. The number of aliphatic carboxylic acids is 1. The molecule has 3 aromatic carbocycles. The number of thioether (sulfide) groups is 1. The number of nitrogens with zero attached hydrogens (tertiary/aromatic N) is 4. The van der Waals surface area contributed by atoms with Crippen molar-refractivity contribution in [1.82, 2.24) is 20.2 Å². The maximum Gasteiger partial charge on any atom is 0.303 e. The number of carbonyl (C=O) groups is 2. The molecule has 0 aliphatic carbocycles. The van der Waals surface area contributed by atoms with Crippen LogP contribution in [0.25, 0.3) is 5.69 Å². The molecule has 4 N–H and O–H groups in total. The number of tetrazole rings is 1. The Kier molecular flexibility index (Phi) is 11.1. The van der Waals surface area contributed by atoms with Gasteiger partial charge >= 0.3 is 5.97 Å². The quantitative estimate of drug-likeness (QED) is 0.107. The van der Waals surface area contributed by atoms with Gasteiger partial charge in [0.05, 0.1) is 24.5 Å². The molecule has 0 bridgehead atoms. The van der Waals surface area contributed by atoms with Gasteiger partial charge in [0.25, 0.3) is 0 Å². The summed E-state index contributed by atoms with van der Waals surface area (Å²) in [6, 6.07) is 21.6. The van der Waals surface area contributed by atoms with Gasteiger partial charge < -0.3 is 30.1 Å². The minimum absolute atomic E-state index is 0.0482. The van der Waals surface area contributed by atoms with E-state index in [2.05, 4.69) is 20.8 Å². The first kappa shape index (κ1) is 32.1. The number of hydrogen-bond donors (Lipinski definition) is 4. The number of anilines is 1. The molecule has 12 nitrogen and oxygen atoms in total. The van der Waals surface area contributed by atoms with E-state index in [0.717, 1.165) is 16.7 Å². The molecule has 2 heterocycles. The second kappa shape index (κ2) is 15.6. The third-order valence-electron chi connectivity index (χ3n) is 7.29. The molecular weight excluding hydrogens is 598 g/mol. The average Bonchev–Trinajstić information content (AvgIpc) is 3.52. The van der Waals surface area contributed by atoms with E-state index in [-0.39, 0.29) is 36.9 Å². The van der Waals surface area contributed by atoms with Crippen LogP contribution in [0.5, 0.6) is 5.75 Å². The first-order chi connectivity index (χ1) is 21.9. The summed E-state index contributed by atoms with van der Waals surface area (Å²) in [7, 11) is 0. The summed E-state index contributed by atoms with van der Waals surface area (Å²) in [6.07, 6.45) is 1.55. The number of carboxylic acids is 1. The van der Waals surface area contributed by atoms with Crippen molar-refractivity contribution in [3.05, 3.63) is 89.5 Å². The van der Waals surface area contributed by atoms with Crippen LogP contribution >= 0.6 is 11.8 Å². The lowest BCUT2D eigenvalue weighted by Gasteiger charge is -2.36. The van der Waals surface area contributed by atoms with Crippen molar-refractivity contribution >= 4 is 29.3 Å². The van der Waals surface area contributed by atoms with Gasteiger partial charge in [-0.3, -0.25) is 9.59 Å². The van der Waals surface area contributed by atoms with Crippen LogP contribution in [0.2, 0.25) is 0 Å². The van der Waals surface area contributed by atoms with E-state index in [1.807, 2.05) is 42.5 Å². The minimum atomic E-state index is -0.831. The van der Waals surface area contributed by atoms with Crippen molar-refractivity contribution in [3.63, 3.8) is 0 Å². The Hall–Kier alpha value is -4.30. The smallest absolute Gasteiger partial charge is 0.303 e. The molecule has 1 amide bonds. The van der Waals surface area contributed by atoms with Crippen LogP contribution in [0.15, 0.2) is 78.0 Å². The number of carbonyl (C=O) groups excluding carboxylic acids is 1. The lowest BCUT2D eigenvalue weighted by Crippen LogP contribution is -2.31. The van der Waals surface area contributed by atoms with E-state index in [1.165, 1.54) is 11.8 Å². The second-order valence-corrected chi connectivity index (χ2v) is 11.7. The summed E-state index contributed by atoms with van der Waals surface area (Å²) in [5.41, 5.74) is 3.84. The van der Waals surface area contributed by atoms with Crippen molar-refractivity contribution in [3.8, 4) is 11.4 Å². The van der Waals surface area contributed by atoms with Gasteiger partial charge in [0.1, 0.15) is 5.75 Å². The van der Waals surface area contributed by atoms with Gasteiger partial charge in [-0.2, -0.15) is 4.68 Å². The first-order valence-corrected chi connectivity index (χ1v) is 15.7. The number of rotatable bonds is 14. The fraction of sp³-hybridized carbons (Fsp3) is 0.344. The summed E-state index contributed by atoms with van der Waals surface area (Å²) in [5, 5.41) is 43.5. The zero-order chi connectivity index (χ0) is 31.6. The van der Waals surface area contributed by atoms with Gasteiger partial charge in [-0.25, -0.2) is 0 Å². The van der Waals surface area contributed by atoms with Crippen molar-refractivity contribution in [1.29, 1.82) is 0 Å². The summed E-state index contributed by atoms with van der Waals surface area (Å²) >= 11 is 1.45. The van der Waals surface area contributed by atoms with E-state index in [9.17, 15) is 19.8 Å². The Morgan fingerprint density at radius 2 is 1.73 bits per heavy atom. The van der Waals surface area contributed by atoms with Crippen LogP contribution in [0.3, 0.4) is 0 Å². The van der Waals surface area contributed by atoms with Crippen molar-refractivity contribution in [2.75, 3.05) is 11.1 Å². The van der Waals surface area contributed by atoms with Crippen LogP contribution in [0, 0.1) is 0 Å². The largest absolute Gasteiger partial charge is 0.508 e. The molecular formula is C32H35N5O7S. The number of amides is 1. The Morgan fingerprint density at radius 1 is 0.956 bits per heavy atom. The van der Waals surface area contributed by atoms with Gasteiger partial charge in [0, 0.05) is 36.3 Å². The van der Waals surface area contributed by atoms with Crippen molar-refractivity contribution in [2.24, 2.45) is 0 Å². The highest BCUT2D eigenvalue weighted by molar-refractivity contribution is 7.99. The predicted octanol–water partition coefficient (Wildman–Crippen LogP) is 5.17. The molecule has 1 fully saturated rings. The molecule has 1 aliphatic rings. The number of hydrogen-bond acceptors (Lipinski definition) is 10. The lowest BCUT2D eigenvalue weighted by molar-refractivity contribution is -0.245. The van der Waals surface area contributed by atoms with Gasteiger partial charge in [-0.1, -0.05) is 54.6 Å². The number of benzene rings is 3. The van der Waals surface area contributed by atoms with E-state index < -0.39 is 12.3 Å². The number of aromatic nitrogens is 4. The molecule has 1 aromatic heterocycles.